The smallest absolute Gasteiger partial charge is 0.397 e. The normalized spacial score (nSPS) is 42.1. The van der Waals surface area contributed by atoms with Crippen LogP contribution in [0.25, 0.3) is 0 Å². The molecule has 7 aliphatic heterocycles. The Morgan fingerprint density at radius 2 is 1.07 bits per heavy atom. The van der Waals surface area contributed by atoms with E-state index >= 15 is 0 Å². The molecule has 0 radical (unpaired) electrons. The highest BCUT2D eigenvalue weighted by Crippen LogP contribution is 2.48. The molecule has 38 nitrogen and oxygen atoms in total. The molecule has 7 aliphatic rings. The predicted molar refractivity (Wildman–Crippen MR) is 260 cm³/mol. The van der Waals surface area contributed by atoms with Crippen LogP contribution in [-0.4, -0.2) is 229 Å². The van der Waals surface area contributed by atoms with Crippen molar-refractivity contribution >= 4 is 70.3 Å². The maximum atomic E-state index is 13.0. The molecule has 83 heavy (non-hydrogen) atoms. The zero-order valence-electron chi connectivity index (χ0n) is 44.7. The molecule has 7 saturated heterocycles. The van der Waals surface area contributed by atoms with Crippen LogP contribution in [0.3, 0.4) is 0 Å². The summed E-state index contributed by atoms with van der Waals surface area (Å²) in [5.41, 5.74) is 0. The van der Waals surface area contributed by atoms with Crippen LogP contribution in [0.4, 0.5) is 0 Å². The lowest BCUT2D eigenvalue weighted by atomic mass is 9.78. The molecule has 0 aliphatic carbocycles. The molecule has 0 aromatic rings. The van der Waals surface area contributed by atoms with Crippen molar-refractivity contribution in [3.8, 4) is 0 Å². The fourth-order valence-electron chi connectivity index (χ4n) is 10.6. The van der Waals surface area contributed by atoms with Crippen LogP contribution >= 0.6 is 12.3 Å². The summed E-state index contributed by atoms with van der Waals surface area (Å²) < 4.78 is 271. The molecular weight excluding hydrogens is 1270 g/mol. The second-order valence-electron chi connectivity index (χ2n) is 20.2. The summed E-state index contributed by atoms with van der Waals surface area (Å²) in [5.74, 6) is -8.90. The molecule has 7 heterocycles. The van der Waals surface area contributed by atoms with Crippen molar-refractivity contribution < 1.29 is 172 Å². The van der Waals surface area contributed by atoms with E-state index in [-0.39, 0.29) is 24.7 Å². The fraction of sp³-hybridized carbons (Fsp3) is 0.974. The van der Waals surface area contributed by atoms with E-state index in [4.69, 9.17) is 74.1 Å². The summed E-state index contributed by atoms with van der Waals surface area (Å²) >= 11 is -0.0471. The fourth-order valence-corrected chi connectivity index (χ4v) is 13.1. The molecule has 12 unspecified atom stereocenters. The van der Waals surface area contributed by atoms with Crippen LogP contribution in [0.2, 0.25) is 0 Å². The zero-order chi connectivity index (χ0) is 62.1. The molecule has 44 heteroatoms. The molecule has 0 aromatic carbocycles. The Morgan fingerprint density at radius 1 is 0.554 bits per heavy atom. The minimum Gasteiger partial charge on any atom is -0.479 e. The number of ether oxygens (including phenoxy) is 11. The third-order valence-electron chi connectivity index (χ3n) is 15.1. The van der Waals surface area contributed by atoms with E-state index in [2.05, 4.69) is 17.7 Å². The van der Waals surface area contributed by atoms with Crippen molar-refractivity contribution in [1.29, 1.82) is 0 Å². The first kappa shape index (κ1) is 70.6. The van der Waals surface area contributed by atoms with Gasteiger partial charge in [0.15, 0.2) is 49.7 Å². The number of hydrogen-bond donors (Lipinski definition) is 8. The van der Waals surface area contributed by atoms with Crippen molar-refractivity contribution in [2.75, 3.05) is 26.6 Å². The van der Waals surface area contributed by atoms with Crippen LogP contribution in [0.15, 0.2) is 0 Å². The molecule has 8 N–H and O–H groups in total. The topological polar surface area (TPSA) is 525 Å². The maximum absolute atomic E-state index is 13.0. The summed E-state index contributed by atoms with van der Waals surface area (Å²) in [5, 5.41) is 33.1. The zero-order valence-corrected chi connectivity index (χ0v) is 49.6. The van der Waals surface area contributed by atoms with Crippen LogP contribution in [0.1, 0.15) is 61.8 Å². The van der Waals surface area contributed by atoms with Gasteiger partial charge >= 0.3 is 58.0 Å². The van der Waals surface area contributed by atoms with E-state index in [1.54, 1.807) is 27.7 Å². The number of hydrogen-bond acceptors (Lipinski definition) is 33. The van der Waals surface area contributed by atoms with Gasteiger partial charge in [-0.15, -0.1) is 4.33 Å². The first-order valence-electron chi connectivity index (χ1n) is 24.8. The third kappa shape index (κ3) is 18.1. The minimum atomic E-state index is -5.92. The lowest BCUT2D eigenvalue weighted by Gasteiger charge is -2.58. The Labute approximate surface area is 480 Å². The molecule has 0 aromatic heterocycles. The van der Waals surface area contributed by atoms with Gasteiger partial charge in [0, 0.05) is 17.8 Å². The molecule has 2 bridgehead atoms. The number of fused-ring (bicyclic) bond motifs is 3. The van der Waals surface area contributed by atoms with Crippen molar-refractivity contribution in [1.82, 2.24) is 0 Å². The van der Waals surface area contributed by atoms with Crippen LogP contribution in [0, 0.1) is 35.5 Å². The van der Waals surface area contributed by atoms with Gasteiger partial charge in [0.05, 0.1) is 31.5 Å². The van der Waals surface area contributed by atoms with Gasteiger partial charge in [0.1, 0.15) is 68.3 Å². The first-order valence-corrected chi connectivity index (χ1v) is 32.3. The maximum Gasteiger partial charge on any atom is 0.397 e. The highest BCUT2D eigenvalue weighted by molar-refractivity contribution is 7.89. The average molecular weight is 1340 g/mol. The Bertz CT molecular complexity index is 2740. The van der Waals surface area contributed by atoms with Gasteiger partial charge in [-0.1, -0.05) is 53.5 Å². The molecule has 0 amide bonds. The number of rotatable bonds is 28. The number of aliphatic carboxylic acids is 1. The highest BCUT2D eigenvalue weighted by Gasteiger charge is 2.65. The Balaban J connectivity index is 1.34. The average Bonchev–Trinajstić information content (AvgIpc) is 2.94. The Hall–Kier alpha value is -1.47. The van der Waals surface area contributed by atoms with Crippen molar-refractivity contribution in [2.24, 2.45) is 35.5 Å². The van der Waals surface area contributed by atoms with Crippen molar-refractivity contribution in [3.05, 3.63) is 0 Å². The number of carbonyl (C=O) groups is 1. The monoisotopic (exact) mass is 1330 g/mol. The Morgan fingerprint density at radius 3 is 1.63 bits per heavy atom. The van der Waals surface area contributed by atoms with E-state index in [1.807, 2.05) is 0 Å². The van der Waals surface area contributed by atoms with E-state index in [1.165, 1.54) is 27.7 Å². The molecular formula is C39H66O38S6. The quantitative estimate of drug-likeness (QED) is 0.0114. The molecule has 0 saturated carbocycles. The van der Waals surface area contributed by atoms with E-state index in [0.717, 1.165) is 0 Å². The molecule has 7 fully saturated rings. The van der Waals surface area contributed by atoms with E-state index in [0.29, 0.717) is 0 Å². The largest absolute Gasteiger partial charge is 0.479 e. The van der Waals surface area contributed by atoms with Gasteiger partial charge < -0.3 is 62.3 Å². The number of aliphatic hydroxyl groups is 1. The van der Waals surface area contributed by atoms with Gasteiger partial charge in [-0.05, 0) is 31.1 Å². The SMILES string of the molecule is CC[C@H]1O[C@H](C)C(OS(=O)(=O)O)C(OSOOO)[C@@H]1O[C@H]1OC2(OCO)CO[C@@H]1C(C)C2O[C@@H]1OC(COS(=O)(=O)O)C(O[C@H]2O[C@H](C(=O)O)[C@@H](O[C@H]3O[C@H](COS(=O)(=O)O)[C@@H](C)C(C)C3C)C(C)C2C)[C@H](OS(=O)(=O)O)C1OS(=O)(=O)O. The third-order valence-corrected chi connectivity index (χ3v) is 17.7. The van der Waals surface area contributed by atoms with Gasteiger partial charge in [0.25, 0.3) is 0 Å². The van der Waals surface area contributed by atoms with Gasteiger partial charge in [-0.3, -0.25) is 26.9 Å². The van der Waals surface area contributed by atoms with Crippen molar-refractivity contribution in [3.63, 3.8) is 0 Å². The van der Waals surface area contributed by atoms with Gasteiger partial charge in [-0.2, -0.15) is 42.1 Å². The van der Waals surface area contributed by atoms with Crippen LogP contribution in [-0.2, 0) is 143 Å². The summed E-state index contributed by atoms with van der Waals surface area (Å²) in [6.45, 7) is 8.14. The summed E-state index contributed by atoms with van der Waals surface area (Å²) in [6.07, 6.45) is -32.7. The van der Waals surface area contributed by atoms with Crippen LogP contribution < -0.4 is 0 Å². The predicted octanol–water partition coefficient (Wildman–Crippen LogP) is -1.21. The standard InChI is InChI=1S/C39H66O38S6/c1-9-21-27(29(72-78-77-76-43)26(20(8)63-21)73-81(50,51)52)68-38-25-19(7)33(39(71-38,12-59-25)60-13-40)70-37-32(75-83(56,57)58)30(74-82(53,54)55)28(23(65-37)11-62-80(47,48)49)67-36-18(6)16(4)24(31(69-36)34(41)42)66-35-17(5)14(2)15(3)22(64-35)10-61-79(44,45)46/h14-33,35-38,40,43H,9-13H2,1-8H3,(H,41,42)(H,44,45,46)(H,47,48,49)(H,50,51,52)(H,53,54,55)(H,56,57,58)/t14?,15-,16?,17?,18?,19?,20+,21+,22+,23?,24-,25+,26?,27+,28?,29?,30-,31-,32?,33?,35+,36-,37-,38-,39?/m0/s1. The molecule has 7 rings (SSSR count). The van der Waals surface area contributed by atoms with Gasteiger partial charge in [0.2, 0.25) is 5.79 Å². The minimum absolute atomic E-state index is 0.0471. The summed E-state index contributed by atoms with van der Waals surface area (Å²) in [6, 6.07) is 0. The highest BCUT2D eigenvalue weighted by atomic mass is 32.3. The molecule has 486 valence electrons. The number of carboxylic acids is 1. The van der Waals surface area contributed by atoms with Crippen molar-refractivity contribution in [2.45, 2.75) is 178 Å². The van der Waals surface area contributed by atoms with Crippen LogP contribution in [0.5, 0.6) is 0 Å². The number of aliphatic hydroxyl groups excluding tert-OH is 1. The second-order valence-corrected chi connectivity index (χ2v) is 26.0. The summed E-state index contributed by atoms with van der Waals surface area (Å²) in [4.78, 5) is 13.0. The number of carboxylic acid groups (broad SMARTS) is 1. The van der Waals surface area contributed by atoms with E-state index < -0.39 is 231 Å². The molecule has 0 spiro atoms. The van der Waals surface area contributed by atoms with Gasteiger partial charge in [-0.25, -0.2) is 31.0 Å². The Kier molecular flexibility index (Phi) is 23.9. The second kappa shape index (κ2) is 28.1. The molecule has 25 atom stereocenters. The van der Waals surface area contributed by atoms with E-state index in [9.17, 15) is 79.9 Å². The first-order chi connectivity index (χ1) is 38.3. The lowest BCUT2D eigenvalue weighted by Crippen LogP contribution is -2.73. The lowest BCUT2D eigenvalue weighted by molar-refractivity contribution is -0.480. The summed E-state index contributed by atoms with van der Waals surface area (Å²) in [7, 11) is -27.5.